The molecule has 0 bridgehead atoms. The molecule has 268 valence electrons. The van der Waals surface area contributed by atoms with Crippen molar-refractivity contribution < 1.29 is 55.0 Å². The van der Waals surface area contributed by atoms with Crippen LogP contribution in [0, 0.1) is 0 Å². The van der Waals surface area contributed by atoms with Gasteiger partial charge in [-0.25, -0.2) is 13.2 Å². The maximum Gasteiger partial charge on any atom is 0.404 e. The first-order chi connectivity index (χ1) is 23.2. The quantitative estimate of drug-likeness (QED) is 0.0732. The summed E-state index contributed by atoms with van der Waals surface area (Å²) in [7, 11) is -7.90. The zero-order valence-corrected chi connectivity index (χ0v) is 30.3. The fraction of sp³-hybridized carbons (Fsp3) is 0.375. The summed E-state index contributed by atoms with van der Waals surface area (Å²) in [6.45, 7) is 2.51. The van der Waals surface area contributed by atoms with Crippen LogP contribution in [0.3, 0.4) is 0 Å². The van der Waals surface area contributed by atoms with Crippen molar-refractivity contribution in [1.29, 1.82) is 0 Å². The lowest BCUT2D eigenvalue weighted by Gasteiger charge is -2.27. The van der Waals surface area contributed by atoms with Gasteiger partial charge < -0.3 is 28.9 Å². The van der Waals surface area contributed by atoms with Gasteiger partial charge in [0.05, 0.1) is 31.8 Å². The largest absolute Gasteiger partial charge is 0.507 e. The zero-order valence-electron chi connectivity index (χ0n) is 27.0. The molecule has 3 rings (SSSR count). The van der Waals surface area contributed by atoms with Crippen molar-refractivity contribution in [2.45, 2.75) is 49.7 Å². The van der Waals surface area contributed by atoms with E-state index in [0.29, 0.717) is 18.4 Å². The van der Waals surface area contributed by atoms with Gasteiger partial charge in [0.1, 0.15) is 23.1 Å². The molecule has 0 spiro atoms. The van der Waals surface area contributed by atoms with E-state index < -0.39 is 46.8 Å². The normalized spacial score (nSPS) is 12.7. The van der Waals surface area contributed by atoms with E-state index >= 15 is 8.78 Å². The standard InChI is InChI=1S/C32H38BrF2N2O10PS/c1-4-46-48(41,47-5-2)32(34,35)24-17-16-22(20-25(24)33)21-26(37-49(42,43)23-12-7-6-8-13-23)30(39)36-18-9-10-19-45-28-15-11-14-27(38)29(28)31(40)44-3/h6-8,11-17,20,26,37-38H,4-5,9-10,18-19,21H2,1-3H3,(H,36,39). The van der Waals surface area contributed by atoms with Crippen LogP contribution in [0.2, 0.25) is 0 Å². The first-order valence-corrected chi connectivity index (χ1v) is 19.0. The second kappa shape index (κ2) is 18.0. The van der Waals surface area contributed by atoms with Crippen LogP contribution >= 0.6 is 23.5 Å². The molecule has 0 aliphatic heterocycles. The maximum atomic E-state index is 15.4. The minimum absolute atomic E-state index is 0.0815. The average molecular weight is 792 g/mol. The minimum atomic E-state index is -4.90. The summed E-state index contributed by atoms with van der Waals surface area (Å²) in [6.07, 6.45) is 0.575. The van der Waals surface area contributed by atoms with Crippen LogP contribution in [-0.4, -0.2) is 64.9 Å². The van der Waals surface area contributed by atoms with Crippen LogP contribution in [0.4, 0.5) is 8.78 Å². The van der Waals surface area contributed by atoms with Gasteiger partial charge in [0, 0.05) is 16.6 Å². The molecular weight excluding hydrogens is 753 g/mol. The highest BCUT2D eigenvalue weighted by molar-refractivity contribution is 9.10. The Bertz CT molecular complexity index is 1740. The maximum absolute atomic E-state index is 15.4. The van der Waals surface area contributed by atoms with E-state index in [9.17, 15) is 27.7 Å². The average Bonchev–Trinajstić information content (AvgIpc) is 3.06. The van der Waals surface area contributed by atoms with Crippen LogP contribution in [0.15, 0.2) is 76.1 Å². The summed E-state index contributed by atoms with van der Waals surface area (Å²) < 4.78 is 92.5. The van der Waals surface area contributed by atoms with Gasteiger partial charge in [-0.1, -0.05) is 52.3 Å². The molecule has 17 heteroatoms. The van der Waals surface area contributed by atoms with Gasteiger partial charge in [-0.2, -0.15) is 13.5 Å². The second-order valence-corrected chi connectivity index (χ2v) is 15.0. The molecule has 0 aliphatic carbocycles. The molecule has 1 unspecified atom stereocenters. The number of unbranched alkanes of at least 4 members (excludes halogenated alkanes) is 1. The van der Waals surface area contributed by atoms with Gasteiger partial charge in [0.2, 0.25) is 15.9 Å². The number of amides is 1. The summed E-state index contributed by atoms with van der Waals surface area (Å²) in [5.74, 6) is -1.62. The van der Waals surface area contributed by atoms with E-state index in [0.717, 1.165) is 6.07 Å². The monoisotopic (exact) mass is 790 g/mol. The molecular formula is C32H38BrF2N2O10PS. The van der Waals surface area contributed by atoms with Gasteiger partial charge in [0.25, 0.3) is 0 Å². The van der Waals surface area contributed by atoms with E-state index in [1.807, 2.05) is 0 Å². The number of halogens is 3. The van der Waals surface area contributed by atoms with E-state index in [1.54, 1.807) is 6.07 Å². The minimum Gasteiger partial charge on any atom is -0.507 e. The number of phenolic OH excluding ortho intramolecular Hbond substituents is 1. The smallest absolute Gasteiger partial charge is 0.404 e. The van der Waals surface area contributed by atoms with Crippen LogP contribution in [0.25, 0.3) is 0 Å². The number of methoxy groups -OCH3 is 1. The second-order valence-electron chi connectivity index (χ2n) is 10.4. The Morgan fingerprint density at radius 1 is 1.00 bits per heavy atom. The lowest BCUT2D eigenvalue weighted by Crippen LogP contribution is -2.48. The Morgan fingerprint density at radius 2 is 1.67 bits per heavy atom. The fourth-order valence-corrected chi connectivity index (χ4v) is 8.20. The number of carbonyl (C=O) groups is 2. The molecule has 3 N–H and O–H groups in total. The molecule has 3 aromatic carbocycles. The van der Waals surface area contributed by atoms with Crippen LogP contribution in [-0.2, 0) is 45.3 Å². The summed E-state index contributed by atoms with van der Waals surface area (Å²) in [5, 5.41) is 12.7. The predicted octanol–water partition coefficient (Wildman–Crippen LogP) is 6.12. The highest BCUT2D eigenvalue weighted by atomic mass is 79.9. The van der Waals surface area contributed by atoms with Crippen molar-refractivity contribution in [2.24, 2.45) is 0 Å². The van der Waals surface area contributed by atoms with E-state index in [1.165, 1.54) is 75.6 Å². The van der Waals surface area contributed by atoms with Gasteiger partial charge in [0.15, 0.2) is 0 Å². The summed E-state index contributed by atoms with van der Waals surface area (Å²) in [5.41, 5.74) is -4.49. The Morgan fingerprint density at radius 3 is 2.29 bits per heavy atom. The number of hydrogen-bond acceptors (Lipinski definition) is 10. The number of aromatic hydroxyl groups is 1. The SMILES string of the molecule is CCOP(=O)(OCC)C(F)(F)c1ccc(CC(NS(=O)(=O)c2ccccc2)C(=O)NCCCCOc2cccc(O)c2C(=O)OC)cc1Br. The number of esters is 1. The molecule has 0 aromatic heterocycles. The van der Waals surface area contributed by atoms with Crippen molar-refractivity contribution in [3.8, 4) is 11.5 Å². The topological polar surface area (TPSA) is 167 Å². The molecule has 0 aliphatic rings. The van der Waals surface area contributed by atoms with Crippen LogP contribution in [0.5, 0.6) is 11.5 Å². The molecule has 0 radical (unpaired) electrons. The molecule has 0 heterocycles. The van der Waals surface area contributed by atoms with Crippen molar-refractivity contribution in [1.82, 2.24) is 10.0 Å². The predicted molar refractivity (Wildman–Crippen MR) is 180 cm³/mol. The van der Waals surface area contributed by atoms with Gasteiger partial charge in [-0.3, -0.25) is 9.36 Å². The van der Waals surface area contributed by atoms with Crippen molar-refractivity contribution in [3.63, 3.8) is 0 Å². The van der Waals surface area contributed by atoms with E-state index in [2.05, 4.69) is 30.7 Å². The number of nitrogens with one attached hydrogen (secondary N) is 2. The zero-order chi connectivity index (χ0) is 36.2. The number of alkyl halides is 2. The van der Waals surface area contributed by atoms with Crippen molar-refractivity contribution in [3.05, 3.63) is 87.9 Å². The summed E-state index contributed by atoms with van der Waals surface area (Å²) in [4.78, 5) is 25.3. The number of benzene rings is 3. The lowest BCUT2D eigenvalue weighted by atomic mass is 10.0. The number of carbonyl (C=O) groups excluding carboxylic acids is 2. The highest BCUT2D eigenvalue weighted by Gasteiger charge is 2.55. The van der Waals surface area contributed by atoms with Crippen LogP contribution in [0.1, 0.15) is 48.2 Å². The first kappa shape index (κ1) is 40.0. The van der Waals surface area contributed by atoms with Gasteiger partial charge in [-0.15, -0.1) is 0 Å². The molecule has 1 amide bonds. The van der Waals surface area contributed by atoms with Crippen molar-refractivity contribution in [2.75, 3.05) is 33.5 Å². The van der Waals surface area contributed by atoms with E-state index in [4.69, 9.17) is 13.8 Å². The molecule has 3 aromatic rings. The highest BCUT2D eigenvalue weighted by Crippen LogP contribution is 2.67. The van der Waals surface area contributed by atoms with Gasteiger partial charge >= 0.3 is 19.2 Å². The fourth-order valence-electron chi connectivity index (χ4n) is 4.59. The molecule has 0 saturated carbocycles. The molecule has 0 fully saturated rings. The number of hydrogen-bond donors (Lipinski definition) is 3. The Kier molecular flexibility index (Phi) is 14.7. The molecule has 49 heavy (non-hydrogen) atoms. The molecule has 1 atom stereocenters. The Hall–Kier alpha value is -3.40. The van der Waals surface area contributed by atoms with Crippen molar-refractivity contribution >= 4 is 45.4 Å². The lowest BCUT2D eigenvalue weighted by molar-refractivity contribution is -0.122. The summed E-state index contributed by atoms with van der Waals surface area (Å²) in [6, 6.07) is 13.9. The third-order valence-corrected chi connectivity index (χ3v) is 11.2. The van der Waals surface area contributed by atoms with E-state index in [-0.39, 0.29) is 59.2 Å². The molecule has 12 nitrogen and oxygen atoms in total. The Labute approximate surface area is 292 Å². The number of rotatable bonds is 19. The number of phenols is 1. The number of ether oxygens (including phenoxy) is 2. The molecule has 0 saturated heterocycles. The van der Waals surface area contributed by atoms with Gasteiger partial charge in [-0.05, 0) is 69.0 Å². The van der Waals surface area contributed by atoms with Crippen LogP contribution < -0.4 is 14.8 Å². The number of sulfonamides is 1. The Balaban J connectivity index is 1.74. The summed E-state index contributed by atoms with van der Waals surface area (Å²) >= 11 is 3.10. The first-order valence-electron chi connectivity index (χ1n) is 15.1. The third-order valence-electron chi connectivity index (χ3n) is 6.93. The third kappa shape index (κ3) is 10.3.